The lowest BCUT2D eigenvalue weighted by atomic mass is 9.30. The van der Waals surface area contributed by atoms with E-state index in [9.17, 15) is 45.6 Å². The summed E-state index contributed by atoms with van der Waals surface area (Å²) in [5.41, 5.74) is 3.14. The third-order valence-electron chi connectivity index (χ3n) is 22.9. The highest BCUT2D eigenvalue weighted by Crippen LogP contribution is 2.79. The molecular formula is C56H85N5O12. The molecule has 0 unspecified atom stereocenters. The van der Waals surface area contributed by atoms with E-state index in [2.05, 4.69) is 59.3 Å². The Kier molecular flexibility index (Phi) is 14.0. The van der Waals surface area contributed by atoms with Gasteiger partial charge in [0.1, 0.15) is 24.5 Å². The first kappa shape index (κ1) is 53.4. The van der Waals surface area contributed by atoms with Crippen LogP contribution < -0.4 is 16.4 Å². The first-order valence-electron chi connectivity index (χ1n) is 27.7. The molecule has 13 N–H and O–H groups in total. The van der Waals surface area contributed by atoms with Crippen LogP contribution in [-0.2, 0) is 19.1 Å². The number of allylic oxidation sites excluding steroid dienone is 2. The summed E-state index contributed by atoms with van der Waals surface area (Å²) in [6.07, 6.45) is 5.23. The van der Waals surface area contributed by atoms with Gasteiger partial charge in [0.2, 0.25) is 5.91 Å². The van der Waals surface area contributed by atoms with E-state index in [1.807, 2.05) is 14.0 Å². The molecule has 5 saturated carbocycles. The van der Waals surface area contributed by atoms with Crippen molar-refractivity contribution in [1.29, 1.82) is 0 Å². The van der Waals surface area contributed by atoms with Crippen molar-refractivity contribution in [2.75, 3.05) is 33.4 Å². The van der Waals surface area contributed by atoms with E-state index in [1.165, 1.54) is 5.57 Å². The average molecular weight is 1020 g/mol. The number of nitrogens with two attached hydrogens (primary N) is 1. The SMILES string of the molecule is CNC[C@H](C[C@@H](c1cnc[nH]1)[C@@H]1NC(=O)C2(CCCC2)[C@H]1[C@H]1C#CCC[C@@]23CC[C@@]4(C(=O)O)CC[C@](C)(CO)C[C@H]4C2=CC[C@@H]2[C@@]4(C)[C@@H]1[C@@H](O)[C@@H](O[C@@H]1OC[C@@H](O)[C@H](O)[C@H]1O)[C@@](C)(CO)[C@H]4CC[C@]23C)[C@@H](N)O. The number of carboxylic acids is 1. The summed E-state index contributed by atoms with van der Waals surface area (Å²) in [5, 5.41) is 98.8. The van der Waals surface area contributed by atoms with Crippen molar-refractivity contribution in [2.45, 2.75) is 179 Å². The molecule has 2 saturated heterocycles. The van der Waals surface area contributed by atoms with Crippen molar-refractivity contribution in [3.63, 3.8) is 0 Å². The van der Waals surface area contributed by atoms with E-state index in [0.29, 0.717) is 83.6 Å². The quantitative estimate of drug-likeness (QED) is 0.0586. The monoisotopic (exact) mass is 1020 g/mol. The molecule has 22 atom stereocenters. The van der Waals surface area contributed by atoms with Crippen LogP contribution >= 0.6 is 0 Å². The highest BCUT2D eigenvalue weighted by molar-refractivity contribution is 5.86. The lowest BCUT2D eigenvalue weighted by molar-refractivity contribution is -0.343. The molecule has 0 aromatic carbocycles. The van der Waals surface area contributed by atoms with E-state index in [4.69, 9.17) is 15.2 Å². The smallest absolute Gasteiger partial charge is 0.310 e. The van der Waals surface area contributed by atoms with Crippen LogP contribution in [0, 0.1) is 91.2 Å². The van der Waals surface area contributed by atoms with E-state index < -0.39 is 129 Å². The van der Waals surface area contributed by atoms with Crippen LogP contribution in [0.4, 0.5) is 0 Å². The fourth-order valence-electron chi connectivity index (χ4n) is 19.1. The molecule has 406 valence electrons. The maximum Gasteiger partial charge on any atom is 0.310 e. The van der Waals surface area contributed by atoms with E-state index in [0.717, 1.165) is 25.0 Å². The van der Waals surface area contributed by atoms with Crippen molar-refractivity contribution in [3.8, 4) is 11.8 Å². The lowest BCUT2D eigenvalue weighted by Crippen LogP contribution is -2.74. The lowest BCUT2D eigenvalue weighted by Gasteiger charge is -2.74. The number of imidazole rings is 1. The second-order valence-corrected chi connectivity index (χ2v) is 26.0. The summed E-state index contributed by atoms with van der Waals surface area (Å²) in [7, 11) is 1.81. The minimum Gasteiger partial charge on any atom is -0.481 e. The number of aromatic nitrogens is 2. The molecular weight excluding hydrogens is 935 g/mol. The van der Waals surface area contributed by atoms with Crippen molar-refractivity contribution in [2.24, 2.45) is 85.1 Å². The third kappa shape index (κ3) is 7.75. The Bertz CT molecular complexity index is 2320. The molecule has 17 nitrogen and oxygen atoms in total. The molecule has 17 heteroatoms. The number of hydrogen-bond acceptors (Lipinski definition) is 14. The summed E-state index contributed by atoms with van der Waals surface area (Å²) in [4.78, 5) is 36.8. The number of aromatic amines is 1. The Morgan fingerprint density at radius 1 is 0.973 bits per heavy atom. The van der Waals surface area contributed by atoms with Crippen molar-refractivity contribution in [1.82, 2.24) is 20.6 Å². The maximum absolute atomic E-state index is 15.3. The largest absolute Gasteiger partial charge is 0.481 e. The van der Waals surface area contributed by atoms with Crippen LogP contribution in [0.1, 0.15) is 136 Å². The van der Waals surface area contributed by atoms with E-state index >= 15 is 4.79 Å². The molecule has 1 aromatic heterocycles. The zero-order chi connectivity index (χ0) is 52.3. The number of carboxylic acid groups (broad SMARTS) is 1. The Balaban J connectivity index is 1.19. The van der Waals surface area contributed by atoms with Crippen LogP contribution in [0.3, 0.4) is 0 Å². The topological polar surface area (TPSA) is 293 Å². The van der Waals surface area contributed by atoms with Gasteiger partial charge in [-0.15, -0.1) is 5.92 Å². The second-order valence-electron chi connectivity index (χ2n) is 26.0. The van der Waals surface area contributed by atoms with E-state index in [-0.39, 0.29) is 36.9 Å². The molecule has 2 aliphatic heterocycles. The summed E-state index contributed by atoms with van der Waals surface area (Å²) in [5.74, 6) is 3.39. The van der Waals surface area contributed by atoms with Gasteiger partial charge in [-0.25, -0.2) is 4.98 Å². The van der Waals surface area contributed by atoms with Gasteiger partial charge in [0.15, 0.2) is 6.29 Å². The number of hydrogen-bond donors (Lipinski definition) is 12. The molecule has 7 aliphatic carbocycles. The Morgan fingerprint density at radius 2 is 1.71 bits per heavy atom. The number of carbonyl (C=O) groups excluding carboxylic acids is 1. The number of fused-ring (bicyclic) bond motifs is 2. The highest BCUT2D eigenvalue weighted by atomic mass is 16.7. The third-order valence-corrected chi connectivity index (χ3v) is 22.9. The summed E-state index contributed by atoms with van der Waals surface area (Å²) in [6, 6.07) is -0.555. The molecule has 1 amide bonds. The number of aliphatic hydroxyl groups excluding tert-OH is 7. The minimum atomic E-state index is -1.67. The van der Waals surface area contributed by atoms with Gasteiger partial charge >= 0.3 is 5.97 Å². The summed E-state index contributed by atoms with van der Waals surface area (Å²) >= 11 is 0. The molecule has 3 heterocycles. The number of rotatable bonds is 13. The molecule has 10 rings (SSSR count). The van der Waals surface area contributed by atoms with Gasteiger partial charge in [-0.1, -0.05) is 58.1 Å². The normalized spacial score (nSPS) is 48.0. The number of amides is 1. The molecule has 4 bridgehead atoms. The fourth-order valence-corrected chi connectivity index (χ4v) is 19.1. The van der Waals surface area contributed by atoms with Crippen molar-refractivity contribution < 1.29 is 59.9 Å². The number of carbonyl (C=O) groups is 2. The average Bonchev–Trinajstić information content (AvgIpc) is 4.14. The van der Waals surface area contributed by atoms with Gasteiger partial charge in [0.05, 0.1) is 42.6 Å². The number of aliphatic carboxylic acids is 1. The molecule has 0 radical (unpaired) electrons. The standard InChI is InChI=1S/C56H85N5O12/c1-50(27-62)18-19-54(49(70)71)20-21-56-16-7-6-10-31(39-41(61-48(69)55(39)14-8-9-15-55)32(35-25-59-29-60-35)22-30(24-58-5)46(57)68)40-43(66)45(73-47-44(67)42(65)36(64)26-72-47)51(2,28-63)37-13-17-52(56,3)38(53(37,40)4)12-11-33(56)34(54)23-50/h11,25,29-32,34,36-47,58,62-68H,7-9,12-24,26-28,57H2,1-5H3,(H,59,60)(H,61,69)(H,70,71)/t30-,31+,32-,34-,36+,37+,38-,39-,40-,41-,42-,43+,44+,45+,46-,47-,50-,51-,52+,53-,54-,56+/m0/s1. The number of H-pyrrole nitrogens is 1. The summed E-state index contributed by atoms with van der Waals surface area (Å²) < 4.78 is 12.8. The first-order valence-corrected chi connectivity index (χ1v) is 27.7. The Morgan fingerprint density at radius 3 is 2.37 bits per heavy atom. The van der Waals surface area contributed by atoms with Gasteiger partial charge < -0.3 is 71.7 Å². The maximum atomic E-state index is 15.3. The van der Waals surface area contributed by atoms with Crippen LogP contribution in [0.5, 0.6) is 0 Å². The number of aliphatic hydroxyl groups is 7. The molecule has 73 heavy (non-hydrogen) atoms. The van der Waals surface area contributed by atoms with Gasteiger partial charge in [-0.2, -0.15) is 0 Å². The van der Waals surface area contributed by atoms with Gasteiger partial charge in [0, 0.05) is 72.5 Å². The Hall–Kier alpha value is -2.99. The number of nitrogens with one attached hydrogen (secondary N) is 3. The predicted molar refractivity (Wildman–Crippen MR) is 267 cm³/mol. The predicted octanol–water partition coefficient (Wildman–Crippen LogP) is 2.92. The second kappa shape index (κ2) is 19.2. The number of nitrogens with zero attached hydrogens (tertiary/aromatic N) is 1. The zero-order valence-electron chi connectivity index (χ0n) is 43.6. The minimum absolute atomic E-state index is 0.0256. The summed E-state index contributed by atoms with van der Waals surface area (Å²) in [6.45, 7) is 8.42. The molecule has 2 spiro atoms. The van der Waals surface area contributed by atoms with Gasteiger partial charge in [0.25, 0.3) is 0 Å². The van der Waals surface area contributed by atoms with Crippen molar-refractivity contribution in [3.05, 3.63) is 29.9 Å². The van der Waals surface area contributed by atoms with Crippen LogP contribution in [0.25, 0.3) is 0 Å². The molecule has 1 aromatic rings. The highest BCUT2D eigenvalue weighted by Gasteiger charge is 2.76. The molecule has 7 fully saturated rings. The van der Waals surface area contributed by atoms with Crippen LogP contribution in [0.2, 0.25) is 0 Å². The Labute approximate surface area is 430 Å². The fraction of sp³-hybridized carbons (Fsp3) is 0.839. The van der Waals surface area contributed by atoms with Crippen LogP contribution in [-0.4, -0.2) is 145 Å². The first-order chi connectivity index (χ1) is 34.7. The van der Waals surface area contributed by atoms with Crippen molar-refractivity contribution >= 4 is 11.9 Å². The van der Waals surface area contributed by atoms with Gasteiger partial charge in [-0.05, 0) is 124 Å². The zero-order valence-corrected chi connectivity index (χ0v) is 43.6. The van der Waals surface area contributed by atoms with E-state index in [1.54, 1.807) is 12.5 Å². The number of ether oxygens (including phenoxy) is 2. The van der Waals surface area contributed by atoms with Crippen LogP contribution in [0.15, 0.2) is 24.2 Å². The van der Waals surface area contributed by atoms with Gasteiger partial charge in [-0.3, -0.25) is 9.59 Å². The molecule has 9 aliphatic rings.